The molecule has 3 aliphatic heterocycles. The van der Waals surface area contributed by atoms with E-state index in [9.17, 15) is 9.59 Å². The van der Waals surface area contributed by atoms with Crippen molar-refractivity contribution in [1.29, 1.82) is 0 Å². The lowest BCUT2D eigenvalue weighted by Crippen LogP contribution is -2.67. The van der Waals surface area contributed by atoms with Crippen LogP contribution in [0.3, 0.4) is 0 Å². The Morgan fingerprint density at radius 3 is 2.68 bits per heavy atom. The number of carbonyl (C=O) groups excluding carboxylic acids is 2. The van der Waals surface area contributed by atoms with E-state index in [2.05, 4.69) is 5.32 Å². The highest BCUT2D eigenvalue weighted by atomic mass is 32.2. The van der Waals surface area contributed by atoms with Crippen LogP contribution in [-0.4, -0.2) is 40.8 Å². The van der Waals surface area contributed by atoms with Gasteiger partial charge in [-0.15, -0.1) is 11.8 Å². The predicted molar refractivity (Wildman–Crippen MR) is 73.0 cm³/mol. The largest absolute Gasteiger partial charge is 0.311 e. The molecule has 5 heteroatoms. The highest BCUT2D eigenvalue weighted by Crippen LogP contribution is 2.44. The van der Waals surface area contributed by atoms with Gasteiger partial charge in [0.2, 0.25) is 5.91 Å². The second-order valence-electron chi connectivity index (χ2n) is 5.31. The lowest BCUT2D eigenvalue weighted by molar-refractivity contribution is -0.134. The van der Waals surface area contributed by atoms with Crippen molar-refractivity contribution in [1.82, 2.24) is 10.2 Å². The zero-order chi connectivity index (χ0) is 13.0. The summed E-state index contributed by atoms with van der Waals surface area (Å²) in [6, 6.07) is 7.62. The molecular weight excluding hydrogens is 260 g/mol. The fourth-order valence-corrected chi connectivity index (χ4v) is 3.83. The summed E-state index contributed by atoms with van der Waals surface area (Å²) in [5.74, 6) is 0.907. The number of amides is 2. The number of hydrogen-bond acceptors (Lipinski definition) is 4. The van der Waals surface area contributed by atoms with Crippen LogP contribution in [0, 0.1) is 0 Å². The van der Waals surface area contributed by atoms with Gasteiger partial charge in [-0.3, -0.25) is 14.5 Å². The van der Waals surface area contributed by atoms with E-state index >= 15 is 0 Å². The number of fused-ring (bicyclic) bond motifs is 2. The Balaban J connectivity index is 1.80. The lowest BCUT2D eigenvalue weighted by Gasteiger charge is -2.47. The van der Waals surface area contributed by atoms with Crippen LogP contribution in [0.25, 0.3) is 0 Å². The van der Waals surface area contributed by atoms with Crippen molar-refractivity contribution in [3.05, 3.63) is 35.4 Å². The van der Waals surface area contributed by atoms with E-state index < -0.39 is 5.54 Å². The molecule has 3 aliphatic rings. The molecule has 0 bridgehead atoms. The number of nitrogens with zero attached hydrogens (tertiary/aromatic N) is 1. The van der Waals surface area contributed by atoms with Crippen molar-refractivity contribution in [3.8, 4) is 0 Å². The molecule has 1 unspecified atom stereocenters. The third kappa shape index (κ3) is 1.34. The third-order valence-corrected chi connectivity index (χ3v) is 5.63. The van der Waals surface area contributed by atoms with Crippen LogP contribution >= 0.6 is 11.8 Å². The van der Waals surface area contributed by atoms with E-state index in [0.717, 1.165) is 17.7 Å². The van der Waals surface area contributed by atoms with Gasteiger partial charge in [0, 0.05) is 18.7 Å². The molecule has 0 saturated carbocycles. The van der Waals surface area contributed by atoms with Gasteiger partial charge in [0.1, 0.15) is 5.54 Å². The smallest absolute Gasteiger partial charge is 0.261 e. The SMILES string of the molecule is O=C1c2ccccc2C2(CNC2)N1C(=O)C1CCS1. The standard InChI is InChI=1S/C14H14N2O2S/c17-12-9-3-1-2-4-10(9)14(7-15-8-14)16(12)13(18)11-5-6-19-11/h1-4,11,15H,5-8H2. The molecule has 4 rings (SSSR count). The first-order chi connectivity index (χ1) is 9.24. The number of hydrogen-bond donors (Lipinski definition) is 1. The summed E-state index contributed by atoms with van der Waals surface area (Å²) in [6.45, 7) is 1.36. The summed E-state index contributed by atoms with van der Waals surface area (Å²) in [5.41, 5.74) is 1.29. The minimum Gasteiger partial charge on any atom is -0.311 e. The van der Waals surface area contributed by atoms with E-state index in [1.807, 2.05) is 24.3 Å². The molecule has 98 valence electrons. The van der Waals surface area contributed by atoms with Gasteiger partial charge in [0.25, 0.3) is 5.91 Å². The molecule has 19 heavy (non-hydrogen) atoms. The maximum atomic E-state index is 12.6. The molecule has 0 aliphatic carbocycles. The molecule has 3 heterocycles. The monoisotopic (exact) mass is 274 g/mol. The molecular formula is C14H14N2O2S. The van der Waals surface area contributed by atoms with Crippen molar-refractivity contribution in [3.63, 3.8) is 0 Å². The zero-order valence-electron chi connectivity index (χ0n) is 10.4. The van der Waals surface area contributed by atoms with Gasteiger partial charge < -0.3 is 5.32 Å². The second kappa shape index (κ2) is 3.84. The van der Waals surface area contributed by atoms with Crippen molar-refractivity contribution in [2.45, 2.75) is 17.2 Å². The van der Waals surface area contributed by atoms with Crippen molar-refractivity contribution < 1.29 is 9.59 Å². The maximum Gasteiger partial charge on any atom is 0.261 e. The fourth-order valence-electron chi connectivity index (χ4n) is 3.11. The van der Waals surface area contributed by atoms with Gasteiger partial charge in [-0.1, -0.05) is 18.2 Å². The van der Waals surface area contributed by atoms with Gasteiger partial charge in [-0.2, -0.15) is 0 Å². The Bertz CT molecular complexity index is 579. The van der Waals surface area contributed by atoms with Gasteiger partial charge in [-0.25, -0.2) is 0 Å². The van der Waals surface area contributed by atoms with Crippen LogP contribution in [0.5, 0.6) is 0 Å². The van der Waals surface area contributed by atoms with Crippen LogP contribution < -0.4 is 5.32 Å². The molecule has 0 aromatic heterocycles. The number of imide groups is 1. The van der Waals surface area contributed by atoms with Crippen LogP contribution in [-0.2, 0) is 10.3 Å². The first kappa shape index (κ1) is 11.5. The quantitative estimate of drug-likeness (QED) is 0.775. The zero-order valence-corrected chi connectivity index (χ0v) is 11.2. The summed E-state index contributed by atoms with van der Waals surface area (Å²) in [6.07, 6.45) is 0.896. The Kier molecular flexibility index (Phi) is 2.32. The molecule has 1 atom stereocenters. The summed E-state index contributed by atoms with van der Waals surface area (Å²) in [5, 5.41) is 3.19. The molecule has 4 nitrogen and oxygen atoms in total. The summed E-state index contributed by atoms with van der Waals surface area (Å²) in [7, 11) is 0. The predicted octanol–water partition coefficient (Wildman–Crippen LogP) is 0.973. The Hall–Kier alpha value is -1.33. The van der Waals surface area contributed by atoms with Gasteiger partial charge in [-0.05, 0) is 23.8 Å². The summed E-state index contributed by atoms with van der Waals surface area (Å²) < 4.78 is 0. The highest BCUT2D eigenvalue weighted by Gasteiger charge is 2.57. The van der Waals surface area contributed by atoms with Crippen LogP contribution in [0.15, 0.2) is 24.3 Å². The maximum absolute atomic E-state index is 12.6. The number of nitrogens with one attached hydrogen (secondary N) is 1. The van der Waals surface area contributed by atoms with E-state index in [-0.39, 0.29) is 17.1 Å². The summed E-state index contributed by atoms with van der Waals surface area (Å²) >= 11 is 1.65. The van der Waals surface area contributed by atoms with Crippen LogP contribution in [0.1, 0.15) is 22.3 Å². The number of thioether (sulfide) groups is 1. The molecule has 2 saturated heterocycles. The van der Waals surface area contributed by atoms with Crippen molar-refractivity contribution >= 4 is 23.6 Å². The Morgan fingerprint density at radius 1 is 1.37 bits per heavy atom. The number of benzene rings is 1. The topological polar surface area (TPSA) is 49.4 Å². The molecule has 0 radical (unpaired) electrons. The van der Waals surface area contributed by atoms with Crippen molar-refractivity contribution in [2.24, 2.45) is 0 Å². The lowest BCUT2D eigenvalue weighted by atomic mass is 9.84. The summed E-state index contributed by atoms with van der Waals surface area (Å²) in [4.78, 5) is 26.7. The molecule has 1 spiro atoms. The normalized spacial score (nSPS) is 26.8. The fraction of sp³-hybridized carbons (Fsp3) is 0.429. The first-order valence-electron chi connectivity index (χ1n) is 6.54. The molecule has 1 aromatic rings. The van der Waals surface area contributed by atoms with E-state index in [4.69, 9.17) is 0 Å². The molecule has 1 aromatic carbocycles. The Labute approximate surface area is 115 Å². The second-order valence-corrected chi connectivity index (χ2v) is 6.62. The van der Waals surface area contributed by atoms with Gasteiger partial charge >= 0.3 is 0 Å². The minimum atomic E-state index is -0.416. The molecule has 2 fully saturated rings. The average Bonchev–Trinajstić information content (AvgIpc) is 2.57. The van der Waals surface area contributed by atoms with E-state index in [0.29, 0.717) is 18.7 Å². The van der Waals surface area contributed by atoms with Gasteiger partial charge in [0.05, 0.1) is 5.25 Å². The third-order valence-electron chi connectivity index (χ3n) is 4.32. The molecule has 2 amide bonds. The van der Waals surface area contributed by atoms with E-state index in [1.54, 1.807) is 11.8 Å². The highest BCUT2D eigenvalue weighted by molar-refractivity contribution is 8.01. The van der Waals surface area contributed by atoms with Crippen LogP contribution in [0.4, 0.5) is 0 Å². The van der Waals surface area contributed by atoms with Crippen molar-refractivity contribution in [2.75, 3.05) is 18.8 Å². The van der Waals surface area contributed by atoms with Gasteiger partial charge in [0.15, 0.2) is 0 Å². The number of rotatable bonds is 1. The first-order valence-corrected chi connectivity index (χ1v) is 7.59. The average molecular weight is 274 g/mol. The number of carbonyl (C=O) groups is 2. The Morgan fingerprint density at radius 2 is 2.11 bits per heavy atom. The minimum absolute atomic E-state index is 0.000972. The van der Waals surface area contributed by atoms with E-state index in [1.165, 1.54) is 4.90 Å². The molecule has 1 N–H and O–H groups in total. The van der Waals surface area contributed by atoms with Crippen LogP contribution in [0.2, 0.25) is 0 Å².